The van der Waals surface area contributed by atoms with Crippen LogP contribution >= 0.6 is 0 Å². The summed E-state index contributed by atoms with van der Waals surface area (Å²) < 4.78 is 30.4. The van der Waals surface area contributed by atoms with Gasteiger partial charge in [-0.3, -0.25) is 4.79 Å². The van der Waals surface area contributed by atoms with Crippen LogP contribution < -0.4 is 4.90 Å². The molecule has 5 heteroatoms. The zero-order chi connectivity index (χ0) is 22.1. The van der Waals surface area contributed by atoms with Gasteiger partial charge in [-0.2, -0.15) is 0 Å². The van der Waals surface area contributed by atoms with Gasteiger partial charge in [0.05, 0.1) is 11.8 Å². The van der Waals surface area contributed by atoms with E-state index >= 15 is 4.39 Å². The minimum absolute atomic E-state index is 0.166. The van der Waals surface area contributed by atoms with Crippen LogP contribution in [0.1, 0.15) is 63.4 Å². The Morgan fingerprint density at radius 3 is 2.58 bits per heavy atom. The van der Waals surface area contributed by atoms with Crippen LogP contribution in [0.2, 0.25) is 0 Å². The molecule has 0 heterocycles. The van der Waals surface area contributed by atoms with Crippen molar-refractivity contribution in [2.75, 3.05) is 19.0 Å². The maximum atomic E-state index is 15.4. The smallest absolute Gasteiger partial charge is 0.156 e. The molecule has 5 unspecified atom stereocenters. The number of nitrogens with zero attached hydrogens (tertiary/aromatic N) is 1. The number of anilines is 1. The molecule has 4 aliphatic rings. The Kier molecular flexibility index (Phi) is 4.89. The number of carbonyl (C=O) groups is 1. The van der Waals surface area contributed by atoms with Crippen molar-refractivity contribution in [2.24, 2.45) is 17.3 Å². The lowest BCUT2D eigenvalue weighted by molar-refractivity contribution is -0.114. The van der Waals surface area contributed by atoms with Crippen molar-refractivity contribution in [3.8, 4) is 0 Å². The topological polar surface area (TPSA) is 40.5 Å². The fourth-order valence-electron chi connectivity index (χ4n) is 7.07. The lowest BCUT2D eigenvalue weighted by Gasteiger charge is -2.52. The first-order valence-corrected chi connectivity index (χ1v) is 11.5. The molecule has 166 valence electrons. The van der Waals surface area contributed by atoms with Gasteiger partial charge in [0, 0.05) is 32.5 Å². The van der Waals surface area contributed by atoms with Crippen molar-refractivity contribution >= 4 is 11.5 Å². The highest BCUT2D eigenvalue weighted by Gasteiger charge is 2.56. The van der Waals surface area contributed by atoms with E-state index in [0.29, 0.717) is 30.7 Å². The summed E-state index contributed by atoms with van der Waals surface area (Å²) in [5.74, 6) is -0.297. The summed E-state index contributed by atoms with van der Waals surface area (Å²) in [5.41, 5.74) is 3.86. The first kappa shape index (κ1) is 20.9. The molecule has 0 amide bonds. The number of aliphatic hydroxyl groups excluding tert-OH is 1. The first-order chi connectivity index (χ1) is 14.7. The molecule has 3 nitrogen and oxygen atoms in total. The van der Waals surface area contributed by atoms with Gasteiger partial charge in [-0.1, -0.05) is 12.5 Å². The number of hydrogen-bond donors (Lipinski definition) is 1. The molecular formula is C26H31F2NO2. The molecule has 31 heavy (non-hydrogen) atoms. The highest BCUT2D eigenvalue weighted by molar-refractivity contribution is 5.93. The lowest BCUT2D eigenvalue weighted by Crippen LogP contribution is -2.45. The van der Waals surface area contributed by atoms with Crippen LogP contribution in [0.25, 0.3) is 0 Å². The number of rotatable bonds is 2. The maximum absolute atomic E-state index is 15.4. The average Bonchev–Trinajstić information content (AvgIpc) is 3.02. The van der Waals surface area contributed by atoms with Crippen LogP contribution in [-0.4, -0.2) is 31.1 Å². The van der Waals surface area contributed by atoms with Crippen LogP contribution in [0.5, 0.6) is 0 Å². The Hall–Kier alpha value is -2.01. The maximum Gasteiger partial charge on any atom is 0.156 e. The van der Waals surface area contributed by atoms with E-state index in [2.05, 4.69) is 6.92 Å². The van der Waals surface area contributed by atoms with Gasteiger partial charge < -0.3 is 10.0 Å². The highest BCUT2D eigenvalue weighted by atomic mass is 19.1. The molecule has 0 bridgehead atoms. The van der Waals surface area contributed by atoms with E-state index in [0.717, 1.165) is 31.3 Å². The summed E-state index contributed by atoms with van der Waals surface area (Å²) in [4.78, 5) is 13.6. The van der Waals surface area contributed by atoms with Gasteiger partial charge in [-0.15, -0.1) is 0 Å². The molecule has 4 aliphatic carbocycles. The number of aliphatic hydroxyl groups is 1. The van der Waals surface area contributed by atoms with Crippen molar-refractivity contribution < 1.29 is 18.7 Å². The SMILES string of the molecule is CN(C)c1cc(F)c(C2CC3(C)C(O)CCC3C3CCC4=CC(=O)CCC4=C23)cc1F. The summed E-state index contributed by atoms with van der Waals surface area (Å²) in [6.45, 7) is 2.14. The second-order valence-electron chi connectivity index (χ2n) is 10.4. The predicted octanol–water partition coefficient (Wildman–Crippen LogP) is 5.29. The number of fused-ring (bicyclic) bond motifs is 4. The van der Waals surface area contributed by atoms with Gasteiger partial charge >= 0.3 is 0 Å². The summed E-state index contributed by atoms with van der Waals surface area (Å²) >= 11 is 0. The zero-order valence-corrected chi connectivity index (χ0v) is 18.5. The molecule has 5 atom stereocenters. The van der Waals surface area contributed by atoms with Crippen molar-refractivity contribution in [1.29, 1.82) is 0 Å². The minimum atomic E-state index is -0.423. The third kappa shape index (κ3) is 3.11. The number of hydrogen-bond acceptors (Lipinski definition) is 3. The van der Waals surface area contributed by atoms with E-state index in [-0.39, 0.29) is 34.5 Å². The van der Waals surface area contributed by atoms with Gasteiger partial charge in [0.1, 0.15) is 11.6 Å². The molecule has 1 N–H and O–H groups in total. The number of halogens is 2. The quantitative estimate of drug-likeness (QED) is 0.697. The largest absolute Gasteiger partial charge is 0.393 e. The number of allylic oxidation sites excluding steroid dienone is 4. The molecule has 1 aromatic carbocycles. The van der Waals surface area contributed by atoms with E-state index in [1.54, 1.807) is 25.1 Å². The van der Waals surface area contributed by atoms with Crippen LogP contribution in [0, 0.1) is 28.9 Å². The van der Waals surface area contributed by atoms with Crippen molar-refractivity contribution in [3.63, 3.8) is 0 Å². The van der Waals surface area contributed by atoms with Crippen molar-refractivity contribution in [1.82, 2.24) is 0 Å². The Balaban J connectivity index is 1.70. The Bertz CT molecular complexity index is 1010. The van der Waals surface area contributed by atoms with Gasteiger partial charge in [0.2, 0.25) is 0 Å². The molecule has 0 aromatic heterocycles. The Morgan fingerprint density at radius 1 is 1.06 bits per heavy atom. The molecule has 2 saturated carbocycles. The number of ketones is 1. The average molecular weight is 428 g/mol. The molecule has 5 rings (SSSR count). The summed E-state index contributed by atoms with van der Waals surface area (Å²) in [6.07, 6.45) is 6.69. The van der Waals surface area contributed by atoms with Crippen LogP contribution in [0.3, 0.4) is 0 Å². The standard InChI is InChI=1S/C26H31F2NO2/c1-26-13-19(18-11-22(28)23(29(2)3)12-21(18)27)25-16-7-5-15(30)10-14(16)4-6-17(25)20(26)8-9-24(26)31/h10-12,17,19-20,24,31H,4-9,13H2,1-3H3. The molecular weight excluding hydrogens is 396 g/mol. The second-order valence-corrected chi connectivity index (χ2v) is 10.4. The van der Waals surface area contributed by atoms with Crippen LogP contribution in [-0.2, 0) is 4.79 Å². The van der Waals surface area contributed by atoms with Gasteiger partial charge in [0.15, 0.2) is 5.78 Å². The van der Waals surface area contributed by atoms with E-state index < -0.39 is 11.9 Å². The Labute approximate surface area is 182 Å². The summed E-state index contributed by atoms with van der Waals surface area (Å²) in [7, 11) is 3.41. The summed E-state index contributed by atoms with van der Waals surface area (Å²) in [6, 6.07) is 2.67. The molecule has 0 radical (unpaired) electrons. The zero-order valence-electron chi connectivity index (χ0n) is 18.5. The summed E-state index contributed by atoms with van der Waals surface area (Å²) in [5, 5.41) is 10.9. The lowest BCUT2D eigenvalue weighted by atomic mass is 9.53. The van der Waals surface area contributed by atoms with Crippen LogP contribution in [0.4, 0.5) is 14.5 Å². The number of carbonyl (C=O) groups excluding carboxylic acids is 1. The minimum Gasteiger partial charge on any atom is -0.393 e. The van der Waals surface area contributed by atoms with E-state index in [1.807, 2.05) is 0 Å². The van der Waals surface area contributed by atoms with Crippen molar-refractivity contribution in [3.05, 3.63) is 52.1 Å². The van der Waals surface area contributed by atoms with E-state index in [4.69, 9.17) is 0 Å². The molecule has 0 aliphatic heterocycles. The molecule has 1 aromatic rings. The Morgan fingerprint density at radius 2 is 1.84 bits per heavy atom. The van der Waals surface area contributed by atoms with Gasteiger partial charge in [0.25, 0.3) is 0 Å². The molecule has 0 spiro atoms. The fraction of sp³-hybridized carbons (Fsp3) is 0.577. The monoisotopic (exact) mass is 427 g/mol. The predicted molar refractivity (Wildman–Crippen MR) is 117 cm³/mol. The third-order valence-electron chi connectivity index (χ3n) is 8.60. The van der Waals surface area contributed by atoms with Crippen molar-refractivity contribution in [2.45, 2.75) is 63.9 Å². The van der Waals surface area contributed by atoms with E-state index in [9.17, 15) is 14.3 Å². The third-order valence-corrected chi connectivity index (χ3v) is 8.60. The highest BCUT2D eigenvalue weighted by Crippen LogP contribution is 2.64. The first-order valence-electron chi connectivity index (χ1n) is 11.5. The van der Waals surface area contributed by atoms with Crippen LogP contribution in [0.15, 0.2) is 34.9 Å². The molecule has 0 saturated heterocycles. The van der Waals surface area contributed by atoms with Gasteiger partial charge in [-0.25, -0.2) is 8.78 Å². The van der Waals surface area contributed by atoms with E-state index in [1.165, 1.54) is 23.3 Å². The van der Waals surface area contributed by atoms with Gasteiger partial charge in [-0.05, 0) is 84.6 Å². The normalized spacial score (nSPS) is 34.8. The second kappa shape index (κ2) is 7.26. The fourth-order valence-corrected chi connectivity index (χ4v) is 7.07. The number of benzene rings is 1. The molecule has 2 fully saturated rings.